The van der Waals surface area contributed by atoms with Gasteiger partial charge in [0.05, 0.1) is 17.3 Å². The van der Waals surface area contributed by atoms with Crippen molar-refractivity contribution in [1.82, 2.24) is 10.2 Å². The zero-order valence-corrected chi connectivity index (χ0v) is 18.3. The van der Waals surface area contributed by atoms with E-state index in [9.17, 15) is 4.79 Å². The van der Waals surface area contributed by atoms with Gasteiger partial charge in [0.2, 0.25) is 0 Å². The summed E-state index contributed by atoms with van der Waals surface area (Å²) in [5.74, 6) is 0.0366. The first-order chi connectivity index (χ1) is 14.3. The van der Waals surface area contributed by atoms with Crippen molar-refractivity contribution in [2.75, 3.05) is 25.1 Å². The zero-order valence-electron chi connectivity index (χ0n) is 17.4. The van der Waals surface area contributed by atoms with E-state index in [0.29, 0.717) is 11.4 Å². The molecular formula is C20H30N8OS. The van der Waals surface area contributed by atoms with Crippen molar-refractivity contribution in [1.29, 1.82) is 5.41 Å². The highest BCUT2D eigenvalue weighted by Gasteiger charge is 2.51. The quantitative estimate of drug-likeness (QED) is 0.150. The fourth-order valence-electron chi connectivity index (χ4n) is 3.90. The third-order valence-corrected chi connectivity index (χ3v) is 6.62. The minimum Gasteiger partial charge on any atom is -0.398 e. The third-order valence-electron chi connectivity index (χ3n) is 5.67. The Morgan fingerprint density at radius 2 is 2.13 bits per heavy atom. The molecule has 1 saturated carbocycles. The summed E-state index contributed by atoms with van der Waals surface area (Å²) in [6.07, 6.45) is 4.45. The molecule has 1 aromatic carbocycles. The molecule has 1 heterocycles. The fraction of sp³-hybridized carbons (Fsp3) is 0.500. The lowest BCUT2D eigenvalue weighted by molar-refractivity contribution is -0.111. The number of nitrogen functional groups attached to an aromatic ring is 1. The number of primary amides is 1. The summed E-state index contributed by atoms with van der Waals surface area (Å²) in [5.41, 5.74) is 18.4. The number of nitrogens with two attached hydrogens (primary N) is 3. The van der Waals surface area contributed by atoms with Gasteiger partial charge in [-0.25, -0.2) is 4.99 Å². The van der Waals surface area contributed by atoms with E-state index in [4.69, 9.17) is 22.6 Å². The Morgan fingerprint density at radius 3 is 2.77 bits per heavy atom. The minimum atomic E-state index is -0.912. The van der Waals surface area contributed by atoms with Gasteiger partial charge in [-0.15, -0.1) is 11.8 Å². The fourth-order valence-corrected chi connectivity index (χ4v) is 4.65. The summed E-state index contributed by atoms with van der Waals surface area (Å²) in [5, 5.41) is 11.5. The number of benzene rings is 1. The second-order valence-corrected chi connectivity index (χ2v) is 8.99. The van der Waals surface area contributed by atoms with Crippen LogP contribution in [0.5, 0.6) is 0 Å². The van der Waals surface area contributed by atoms with Gasteiger partial charge in [0.25, 0.3) is 5.91 Å². The van der Waals surface area contributed by atoms with Crippen LogP contribution in [0.1, 0.15) is 32.6 Å². The number of anilines is 1. The molecule has 1 spiro atoms. The van der Waals surface area contributed by atoms with Crippen LogP contribution in [-0.4, -0.2) is 59.2 Å². The molecule has 9 nitrogen and oxygen atoms in total. The number of hydrogen-bond acceptors (Lipinski definition) is 6. The van der Waals surface area contributed by atoms with E-state index in [1.165, 1.54) is 6.42 Å². The van der Waals surface area contributed by atoms with Gasteiger partial charge in [-0.2, -0.15) is 4.99 Å². The topological polar surface area (TPSA) is 169 Å². The number of guanidine groups is 1. The molecule has 30 heavy (non-hydrogen) atoms. The Morgan fingerprint density at radius 1 is 1.40 bits per heavy atom. The van der Waals surface area contributed by atoms with Crippen molar-refractivity contribution < 1.29 is 4.79 Å². The first-order valence-electron chi connectivity index (χ1n) is 10.1. The van der Waals surface area contributed by atoms with Gasteiger partial charge in [-0.1, -0.05) is 19.8 Å². The lowest BCUT2D eigenvalue weighted by Gasteiger charge is -2.38. The molecule has 2 aliphatic rings. The van der Waals surface area contributed by atoms with Gasteiger partial charge in [-0.3, -0.25) is 10.2 Å². The smallest absolute Gasteiger partial charge is 0.270 e. The van der Waals surface area contributed by atoms with Crippen LogP contribution in [0.2, 0.25) is 0 Å². The summed E-state index contributed by atoms with van der Waals surface area (Å²) < 4.78 is 0. The number of aliphatic imine (C=N–C) groups is 2. The molecule has 2 fully saturated rings. The van der Waals surface area contributed by atoms with Crippen molar-refractivity contribution in [2.45, 2.75) is 49.1 Å². The summed E-state index contributed by atoms with van der Waals surface area (Å²) in [7, 11) is 1.89. The summed E-state index contributed by atoms with van der Waals surface area (Å²) in [6, 6.07) is 5.47. The first kappa shape index (κ1) is 22.1. The van der Waals surface area contributed by atoms with E-state index < -0.39 is 11.6 Å². The monoisotopic (exact) mass is 430 g/mol. The number of carbonyl (C=O) groups is 1. The summed E-state index contributed by atoms with van der Waals surface area (Å²) >= 11 is 1.59. The van der Waals surface area contributed by atoms with E-state index in [0.717, 1.165) is 36.5 Å². The molecule has 3 rings (SSSR count). The molecule has 1 amide bonds. The molecule has 1 saturated heterocycles. The maximum absolute atomic E-state index is 11.7. The minimum absolute atomic E-state index is 0.0882. The van der Waals surface area contributed by atoms with Gasteiger partial charge in [0.1, 0.15) is 0 Å². The lowest BCUT2D eigenvalue weighted by Crippen LogP contribution is -2.52. The molecule has 0 aromatic heterocycles. The van der Waals surface area contributed by atoms with Gasteiger partial charge < -0.3 is 27.4 Å². The van der Waals surface area contributed by atoms with Crippen LogP contribution < -0.4 is 22.5 Å². The Kier molecular flexibility index (Phi) is 6.67. The van der Waals surface area contributed by atoms with Gasteiger partial charge in [0.15, 0.2) is 17.5 Å². The van der Waals surface area contributed by atoms with E-state index in [1.807, 2.05) is 18.9 Å². The van der Waals surface area contributed by atoms with Crippen molar-refractivity contribution in [3.8, 4) is 0 Å². The van der Waals surface area contributed by atoms with Gasteiger partial charge in [0, 0.05) is 24.2 Å². The lowest BCUT2D eigenvalue weighted by atomic mass is 9.83. The number of likely N-dealkylation sites (N-methyl/N-ethyl adjacent to an activating group) is 1. The van der Waals surface area contributed by atoms with Gasteiger partial charge in [-0.05, 0) is 36.8 Å². The normalized spacial score (nSPS) is 24.0. The predicted octanol–water partition coefficient (Wildman–Crippen LogP) is 1.45. The number of nitrogens with one attached hydrogen (secondary N) is 2. The molecule has 1 aliphatic carbocycles. The summed E-state index contributed by atoms with van der Waals surface area (Å²) in [6.45, 7) is 3.00. The molecule has 162 valence electrons. The number of carbonyl (C=O) groups excluding carboxylic acids is 1. The van der Waals surface area contributed by atoms with Crippen molar-refractivity contribution >= 4 is 46.6 Å². The van der Waals surface area contributed by atoms with Crippen molar-refractivity contribution in [3.05, 3.63) is 18.2 Å². The summed E-state index contributed by atoms with van der Waals surface area (Å²) in [4.78, 5) is 23.2. The van der Waals surface area contributed by atoms with Crippen LogP contribution in [-0.2, 0) is 4.79 Å². The second-order valence-electron chi connectivity index (χ2n) is 7.68. The molecule has 1 aromatic rings. The number of thioether (sulfide) groups is 1. The highest BCUT2D eigenvalue weighted by atomic mass is 32.2. The molecular weight excluding hydrogens is 400 g/mol. The standard InChI is InChI=1S/C20H30N8OS/c1-3-30-14-10-12(7-8-13(14)21)26-18(16(22)17(23)29)27-19(24)28(2)15-6-4-5-9-20(15)11-25-20/h7-8,10,15,22,25H,3-6,9,11,21H2,1-2H3,(H2,23,29)(H2,24,26,27)/t15-,20-/m1/s1. The predicted molar refractivity (Wildman–Crippen MR) is 124 cm³/mol. The Hall–Kier alpha value is -2.59. The molecule has 1 aliphatic heterocycles. The molecule has 10 heteroatoms. The van der Waals surface area contributed by atoms with Gasteiger partial charge >= 0.3 is 0 Å². The van der Waals surface area contributed by atoms with Crippen molar-refractivity contribution in [3.63, 3.8) is 0 Å². The maximum atomic E-state index is 11.7. The third kappa shape index (κ3) is 4.76. The number of rotatable bonds is 6. The van der Waals surface area contributed by atoms with Crippen LogP contribution in [0.4, 0.5) is 11.4 Å². The Bertz CT molecular complexity index is 893. The second kappa shape index (κ2) is 9.05. The number of amides is 1. The Balaban J connectivity index is 1.92. The Labute approximate surface area is 181 Å². The molecule has 2 atom stereocenters. The largest absolute Gasteiger partial charge is 0.398 e. The molecule has 0 bridgehead atoms. The van der Waals surface area contributed by atoms with E-state index in [2.05, 4.69) is 15.3 Å². The van der Waals surface area contributed by atoms with Crippen LogP contribution in [0, 0.1) is 5.41 Å². The molecule has 0 unspecified atom stereocenters. The highest BCUT2D eigenvalue weighted by molar-refractivity contribution is 7.99. The molecule has 0 radical (unpaired) electrons. The van der Waals surface area contributed by atoms with Crippen LogP contribution in [0.3, 0.4) is 0 Å². The maximum Gasteiger partial charge on any atom is 0.270 e. The molecule has 8 N–H and O–H groups in total. The highest BCUT2D eigenvalue weighted by Crippen LogP contribution is 2.38. The average molecular weight is 431 g/mol. The SMILES string of the molecule is CCSc1cc(N=C(N=C(N)N(C)[C@@H]2CCCC[C@@]23CN3)C(=N)C(N)=O)ccc1N. The number of hydrogen-bond donors (Lipinski definition) is 5. The number of amidine groups is 1. The van der Waals surface area contributed by atoms with Crippen LogP contribution in [0.15, 0.2) is 33.1 Å². The average Bonchev–Trinajstić information content (AvgIpc) is 3.48. The van der Waals surface area contributed by atoms with E-state index in [-0.39, 0.29) is 23.4 Å². The first-order valence-corrected chi connectivity index (χ1v) is 11.1. The van der Waals surface area contributed by atoms with Crippen LogP contribution >= 0.6 is 11.8 Å². The van der Waals surface area contributed by atoms with E-state index in [1.54, 1.807) is 30.0 Å². The van der Waals surface area contributed by atoms with Crippen LogP contribution in [0.25, 0.3) is 0 Å². The van der Waals surface area contributed by atoms with Crippen molar-refractivity contribution in [2.24, 2.45) is 21.5 Å². The zero-order chi connectivity index (χ0) is 21.9. The van der Waals surface area contributed by atoms with E-state index >= 15 is 0 Å². The number of nitrogens with zero attached hydrogens (tertiary/aromatic N) is 3.